The van der Waals surface area contributed by atoms with Gasteiger partial charge >= 0.3 is 6.03 Å². The zero-order valence-corrected chi connectivity index (χ0v) is 12.8. The van der Waals surface area contributed by atoms with Crippen molar-refractivity contribution in [2.45, 2.75) is 38.3 Å². The maximum Gasteiger partial charge on any atom is 0.315 e. The Morgan fingerprint density at radius 2 is 1.95 bits per heavy atom. The van der Waals surface area contributed by atoms with Crippen molar-refractivity contribution < 1.29 is 9.59 Å². The molecule has 0 saturated carbocycles. The highest BCUT2D eigenvalue weighted by Gasteiger charge is 2.30. The van der Waals surface area contributed by atoms with Crippen LogP contribution in [0.3, 0.4) is 0 Å². The Labute approximate surface area is 125 Å². The lowest BCUT2D eigenvalue weighted by Crippen LogP contribution is -2.49. The highest BCUT2D eigenvalue weighted by Crippen LogP contribution is 2.18. The number of carbonyl (C=O) groups is 2. The van der Waals surface area contributed by atoms with Crippen LogP contribution in [-0.2, 0) is 4.79 Å². The number of carbonyl (C=O) groups excluding carboxylic acids is 2. The summed E-state index contributed by atoms with van der Waals surface area (Å²) in [7, 11) is 1.75. The molecule has 2 N–H and O–H groups in total. The third-order valence-corrected chi connectivity index (χ3v) is 4.17. The zero-order valence-electron chi connectivity index (χ0n) is 12.8. The van der Waals surface area contributed by atoms with Crippen LogP contribution in [0, 0.1) is 0 Å². The van der Waals surface area contributed by atoms with E-state index in [0.29, 0.717) is 13.0 Å². The Morgan fingerprint density at radius 1 is 1.29 bits per heavy atom. The molecule has 1 saturated heterocycles. The van der Waals surface area contributed by atoms with E-state index >= 15 is 0 Å². The Morgan fingerprint density at radius 3 is 2.52 bits per heavy atom. The summed E-state index contributed by atoms with van der Waals surface area (Å²) in [6.45, 7) is 4.74. The summed E-state index contributed by atoms with van der Waals surface area (Å²) in [6.07, 6.45) is 0.672. The molecule has 5 heteroatoms. The summed E-state index contributed by atoms with van der Waals surface area (Å²) in [5, 5.41) is 5.67. The van der Waals surface area contributed by atoms with Crippen LogP contribution in [0.25, 0.3) is 0 Å². The van der Waals surface area contributed by atoms with Crippen LogP contribution in [0.15, 0.2) is 30.3 Å². The van der Waals surface area contributed by atoms with Gasteiger partial charge in [-0.05, 0) is 18.9 Å². The molecule has 0 radical (unpaired) electrons. The maximum atomic E-state index is 12.0. The van der Waals surface area contributed by atoms with Gasteiger partial charge in [-0.3, -0.25) is 4.79 Å². The van der Waals surface area contributed by atoms with Crippen LogP contribution < -0.4 is 10.6 Å². The van der Waals surface area contributed by atoms with Gasteiger partial charge in [0.25, 0.3) is 0 Å². The molecule has 3 amide bonds. The van der Waals surface area contributed by atoms with Crippen LogP contribution in [0.1, 0.15) is 31.7 Å². The van der Waals surface area contributed by atoms with E-state index in [1.807, 2.05) is 25.1 Å². The fraction of sp³-hybridized carbons (Fsp3) is 0.500. The number of nitrogens with one attached hydrogen (secondary N) is 2. The van der Waals surface area contributed by atoms with Gasteiger partial charge < -0.3 is 15.5 Å². The molecule has 1 heterocycles. The van der Waals surface area contributed by atoms with E-state index in [-0.39, 0.29) is 23.9 Å². The second kappa shape index (κ2) is 6.61. The third kappa shape index (κ3) is 3.74. The number of urea groups is 1. The maximum absolute atomic E-state index is 12.0. The van der Waals surface area contributed by atoms with Crippen LogP contribution >= 0.6 is 0 Å². The quantitative estimate of drug-likeness (QED) is 0.886. The monoisotopic (exact) mass is 289 g/mol. The van der Waals surface area contributed by atoms with Gasteiger partial charge in [-0.25, -0.2) is 4.79 Å². The normalized spacial score (nSPS) is 21.0. The van der Waals surface area contributed by atoms with Crippen molar-refractivity contribution in [3.05, 3.63) is 35.9 Å². The Bertz CT molecular complexity index is 504. The van der Waals surface area contributed by atoms with Gasteiger partial charge in [0.2, 0.25) is 5.91 Å². The summed E-state index contributed by atoms with van der Waals surface area (Å²) in [6, 6.07) is 9.38. The number of hydrogen-bond donors (Lipinski definition) is 2. The molecule has 0 aliphatic carbocycles. The van der Waals surface area contributed by atoms with Gasteiger partial charge in [0.1, 0.15) is 6.04 Å². The summed E-state index contributed by atoms with van der Waals surface area (Å²) >= 11 is 0. The van der Waals surface area contributed by atoms with E-state index in [0.717, 1.165) is 0 Å². The van der Waals surface area contributed by atoms with Gasteiger partial charge in [0.05, 0.1) is 0 Å². The topological polar surface area (TPSA) is 61.4 Å². The number of benzene rings is 1. The van der Waals surface area contributed by atoms with Gasteiger partial charge in [-0.15, -0.1) is 0 Å². The molecule has 3 atom stereocenters. The molecule has 0 spiro atoms. The highest BCUT2D eigenvalue weighted by atomic mass is 16.2. The van der Waals surface area contributed by atoms with Gasteiger partial charge in [-0.2, -0.15) is 0 Å². The van der Waals surface area contributed by atoms with E-state index in [1.165, 1.54) is 5.56 Å². The first-order valence-electron chi connectivity index (χ1n) is 7.36. The predicted molar refractivity (Wildman–Crippen MR) is 82.0 cm³/mol. The zero-order chi connectivity index (χ0) is 15.4. The SMILES string of the molecule is C[C@H](NC(=O)N[C@@H]1CCN(C)C1=O)[C@H](C)c1ccccc1. The van der Waals surface area contributed by atoms with Crippen molar-refractivity contribution in [3.63, 3.8) is 0 Å². The first-order chi connectivity index (χ1) is 9.99. The largest absolute Gasteiger partial charge is 0.344 e. The molecule has 2 rings (SSSR count). The molecule has 1 fully saturated rings. The summed E-state index contributed by atoms with van der Waals surface area (Å²) in [5.41, 5.74) is 1.18. The molecular weight excluding hydrogens is 266 g/mol. The minimum absolute atomic E-state index is 0.0124. The first-order valence-corrected chi connectivity index (χ1v) is 7.36. The summed E-state index contributed by atoms with van der Waals surface area (Å²) in [4.78, 5) is 25.4. The molecule has 21 heavy (non-hydrogen) atoms. The fourth-order valence-electron chi connectivity index (χ4n) is 2.53. The molecule has 0 unspecified atom stereocenters. The van der Waals surface area contributed by atoms with E-state index < -0.39 is 6.04 Å². The molecular formula is C16H23N3O2. The first kappa shape index (κ1) is 15.4. The molecule has 5 nitrogen and oxygen atoms in total. The summed E-state index contributed by atoms with van der Waals surface area (Å²) in [5.74, 6) is 0.188. The lowest BCUT2D eigenvalue weighted by Gasteiger charge is -2.23. The molecule has 1 aliphatic rings. The van der Waals surface area contributed by atoms with Gasteiger partial charge in [0.15, 0.2) is 0 Å². The third-order valence-electron chi connectivity index (χ3n) is 4.17. The second-order valence-corrected chi connectivity index (χ2v) is 5.71. The van der Waals surface area contributed by atoms with E-state index in [1.54, 1.807) is 11.9 Å². The van der Waals surface area contributed by atoms with E-state index in [2.05, 4.69) is 29.7 Å². The van der Waals surface area contributed by atoms with Crippen LogP contribution in [0.2, 0.25) is 0 Å². The smallest absolute Gasteiger partial charge is 0.315 e. The Balaban J connectivity index is 1.86. The van der Waals surface area contributed by atoms with Crippen LogP contribution in [0.5, 0.6) is 0 Å². The Kier molecular flexibility index (Phi) is 4.83. The number of rotatable bonds is 4. The number of amides is 3. The van der Waals surface area contributed by atoms with Crippen LogP contribution in [-0.4, -0.2) is 42.5 Å². The van der Waals surface area contributed by atoms with Crippen molar-refractivity contribution in [2.24, 2.45) is 0 Å². The molecule has 1 aromatic rings. The second-order valence-electron chi connectivity index (χ2n) is 5.71. The average molecular weight is 289 g/mol. The van der Waals surface area contributed by atoms with Crippen LogP contribution in [0.4, 0.5) is 4.79 Å². The molecule has 114 valence electrons. The molecule has 0 aromatic heterocycles. The van der Waals surface area contributed by atoms with E-state index in [4.69, 9.17) is 0 Å². The van der Waals surface area contributed by atoms with Crippen molar-refractivity contribution in [3.8, 4) is 0 Å². The van der Waals surface area contributed by atoms with E-state index in [9.17, 15) is 9.59 Å². The van der Waals surface area contributed by atoms with Gasteiger partial charge in [-0.1, -0.05) is 37.3 Å². The van der Waals surface area contributed by atoms with Crippen molar-refractivity contribution in [1.82, 2.24) is 15.5 Å². The number of nitrogens with zero attached hydrogens (tertiary/aromatic N) is 1. The Hall–Kier alpha value is -2.04. The number of likely N-dealkylation sites (tertiary alicyclic amines) is 1. The fourth-order valence-corrected chi connectivity index (χ4v) is 2.53. The minimum Gasteiger partial charge on any atom is -0.344 e. The van der Waals surface area contributed by atoms with Crippen molar-refractivity contribution in [1.29, 1.82) is 0 Å². The molecule has 1 aliphatic heterocycles. The molecule has 0 bridgehead atoms. The number of hydrogen-bond acceptors (Lipinski definition) is 2. The van der Waals surface area contributed by atoms with Gasteiger partial charge in [0, 0.05) is 25.6 Å². The minimum atomic E-state index is -0.394. The lowest BCUT2D eigenvalue weighted by molar-refractivity contribution is -0.128. The highest BCUT2D eigenvalue weighted by molar-refractivity contribution is 5.88. The van der Waals surface area contributed by atoms with Crippen molar-refractivity contribution >= 4 is 11.9 Å². The van der Waals surface area contributed by atoms with Crippen molar-refractivity contribution in [2.75, 3.05) is 13.6 Å². The average Bonchev–Trinajstić information content (AvgIpc) is 2.79. The standard InChI is InChI=1S/C16H23N3O2/c1-11(13-7-5-4-6-8-13)12(2)17-16(21)18-14-9-10-19(3)15(14)20/h4-8,11-12,14H,9-10H2,1-3H3,(H2,17,18,21)/t11-,12-,14+/m0/s1. The number of likely N-dealkylation sites (N-methyl/N-ethyl adjacent to an activating group) is 1. The molecule has 1 aromatic carbocycles. The predicted octanol–water partition coefficient (Wildman–Crippen LogP) is 1.71. The lowest BCUT2D eigenvalue weighted by atomic mass is 9.94. The summed E-state index contributed by atoms with van der Waals surface area (Å²) < 4.78 is 0.